The minimum absolute atomic E-state index is 0.00272. The van der Waals surface area contributed by atoms with Crippen LogP contribution < -0.4 is 0 Å². The Morgan fingerprint density at radius 2 is 1.86 bits per heavy atom. The first kappa shape index (κ1) is 23.1. The molecule has 8 heteroatoms. The van der Waals surface area contributed by atoms with Crippen LogP contribution in [0.15, 0.2) is 36.4 Å². The van der Waals surface area contributed by atoms with E-state index in [1.807, 2.05) is 13.8 Å². The molecule has 2 saturated heterocycles. The molecular formula is C28H29ClO7. The highest BCUT2D eigenvalue weighted by atomic mass is 35.5. The first-order valence-corrected chi connectivity index (χ1v) is 13.1. The van der Waals surface area contributed by atoms with Gasteiger partial charge in [0.2, 0.25) is 5.79 Å². The van der Waals surface area contributed by atoms with E-state index >= 15 is 0 Å². The van der Waals surface area contributed by atoms with Gasteiger partial charge in [0.15, 0.2) is 11.4 Å². The highest BCUT2D eigenvalue weighted by molar-refractivity contribution is 6.30. The van der Waals surface area contributed by atoms with Gasteiger partial charge in [0, 0.05) is 23.3 Å². The lowest BCUT2D eigenvalue weighted by Gasteiger charge is -2.83. The fourth-order valence-corrected chi connectivity index (χ4v) is 9.83. The molecule has 7 aliphatic rings. The number of hydrogen-bond acceptors (Lipinski definition) is 7. The molecule has 8 rings (SSSR count). The number of fused-ring (bicyclic) bond motifs is 1. The largest absolute Gasteiger partial charge is 0.442 e. The van der Waals surface area contributed by atoms with Crippen LogP contribution in [0.1, 0.15) is 49.9 Å². The Morgan fingerprint density at radius 3 is 2.56 bits per heavy atom. The van der Waals surface area contributed by atoms with Crippen molar-refractivity contribution in [2.75, 3.05) is 6.61 Å². The van der Waals surface area contributed by atoms with Crippen LogP contribution in [0.25, 0.3) is 0 Å². The van der Waals surface area contributed by atoms with Crippen molar-refractivity contribution in [1.29, 1.82) is 0 Å². The zero-order valence-electron chi connectivity index (χ0n) is 20.3. The molecule has 5 saturated carbocycles. The molecule has 0 radical (unpaired) electrons. The van der Waals surface area contributed by atoms with E-state index in [1.165, 1.54) is 12.1 Å². The van der Waals surface area contributed by atoms with E-state index in [0.717, 1.165) is 0 Å². The van der Waals surface area contributed by atoms with Crippen molar-refractivity contribution in [3.63, 3.8) is 0 Å². The zero-order valence-corrected chi connectivity index (χ0v) is 21.0. The summed E-state index contributed by atoms with van der Waals surface area (Å²) in [5.74, 6) is -5.13. The molecule has 0 aromatic heterocycles. The van der Waals surface area contributed by atoms with Crippen LogP contribution in [0.3, 0.4) is 0 Å². The van der Waals surface area contributed by atoms with Crippen LogP contribution in [-0.4, -0.2) is 51.8 Å². The third-order valence-electron chi connectivity index (χ3n) is 11.0. The van der Waals surface area contributed by atoms with Gasteiger partial charge in [-0.1, -0.05) is 32.0 Å². The van der Waals surface area contributed by atoms with E-state index in [-0.39, 0.29) is 23.9 Å². The summed E-state index contributed by atoms with van der Waals surface area (Å²) in [7, 11) is 0. The van der Waals surface area contributed by atoms with Gasteiger partial charge in [0.05, 0.1) is 17.6 Å². The number of aliphatic hydroxyl groups is 2. The van der Waals surface area contributed by atoms with Crippen LogP contribution in [0.5, 0.6) is 0 Å². The molecule has 1 aromatic carbocycles. The van der Waals surface area contributed by atoms with Crippen molar-refractivity contribution < 1.29 is 34.1 Å². The number of carbonyl (C=O) groups excluding carboxylic acids is 3. The van der Waals surface area contributed by atoms with Gasteiger partial charge in [-0.25, -0.2) is 4.79 Å². The number of rotatable bonds is 2. The number of ether oxygens (including phenoxy) is 2. The second-order valence-electron chi connectivity index (χ2n) is 12.4. The number of benzene rings is 1. The Labute approximate surface area is 213 Å². The number of hydrogen-bond donors (Lipinski definition) is 2. The third kappa shape index (κ3) is 2.06. The monoisotopic (exact) mass is 512 g/mol. The average Bonchev–Trinajstić information content (AvgIpc) is 2.84. The quantitative estimate of drug-likeness (QED) is 0.463. The highest BCUT2D eigenvalue weighted by Crippen LogP contribution is 2.85. The molecule has 7 nitrogen and oxygen atoms in total. The molecule has 2 spiro atoms. The number of Topliss-reactive ketones (excluding diaryl/α,β-unsaturated/α-hetero) is 2. The van der Waals surface area contributed by atoms with Crippen molar-refractivity contribution in [3.8, 4) is 0 Å². The molecule has 36 heavy (non-hydrogen) atoms. The lowest BCUT2D eigenvalue weighted by Crippen LogP contribution is -2.96. The van der Waals surface area contributed by atoms with E-state index in [1.54, 1.807) is 12.1 Å². The van der Waals surface area contributed by atoms with Crippen molar-refractivity contribution in [2.45, 2.75) is 57.0 Å². The maximum atomic E-state index is 14.4. The highest BCUT2D eigenvalue weighted by Gasteiger charge is 2.97. The predicted molar refractivity (Wildman–Crippen MR) is 127 cm³/mol. The summed E-state index contributed by atoms with van der Waals surface area (Å²) in [6, 6.07) is 6.19. The maximum absolute atomic E-state index is 14.4. The summed E-state index contributed by atoms with van der Waals surface area (Å²) in [5, 5.41) is 24.3. The van der Waals surface area contributed by atoms with Gasteiger partial charge in [0.25, 0.3) is 0 Å². The summed E-state index contributed by atoms with van der Waals surface area (Å²) >= 11 is 5.95. The van der Waals surface area contributed by atoms with E-state index in [2.05, 4.69) is 6.58 Å². The molecule has 1 aromatic rings. The van der Waals surface area contributed by atoms with Crippen LogP contribution in [0.2, 0.25) is 5.02 Å². The van der Waals surface area contributed by atoms with E-state index in [9.17, 15) is 24.6 Å². The van der Waals surface area contributed by atoms with Crippen molar-refractivity contribution in [1.82, 2.24) is 0 Å². The van der Waals surface area contributed by atoms with E-state index in [0.29, 0.717) is 36.3 Å². The second kappa shape index (κ2) is 6.49. The Morgan fingerprint density at radius 1 is 1.17 bits per heavy atom. The minimum atomic E-state index is -2.16. The summed E-state index contributed by atoms with van der Waals surface area (Å²) in [4.78, 5) is 41.2. The molecule has 2 aliphatic heterocycles. The standard InChI is InChI=1S/C28H29ClO7/c1-13-16-8-9-17-25-12-35-28(34,21(31)20(25)24(2,3)11-10-18(25)30)26(17)19(16)27(13,23(26)33)36-22(32)14-4-6-15(29)7-5-14/h4-7,16-17,19-21,31,34H,1,8-12H2,2-3H3. The molecule has 9 unspecified atom stereocenters. The van der Waals surface area contributed by atoms with Crippen molar-refractivity contribution >= 4 is 29.1 Å². The topological polar surface area (TPSA) is 110 Å². The average molecular weight is 513 g/mol. The summed E-state index contributed by atoms with van der Waals surface area (Å²) < 4.78 is 11.9. The molecular weight excluding hydrogens is 484 g/mol. The van der Waals surface area contributed by atoms with Gasteiger partial charge in [0.1, 0.15) is 17.3 Å². The molecule has 190 valence electrons. The molecule has 9 atom stereocenters. The second-order valence-corrected chi connectivity index (χ2v) is 12.9. The number of aliphatic hydroxyl groups excluding tert-OH is 1. The smallest absolute Gasteiger partial charge is 0.339 e. The number of esters is 1. The molecule has 0 amide bonds. The van der Waals surface area contributed by atoms with Crippen LogP contribution in [0.4, 0.5) is 0 Å². The normalized spacial score (nSPS) is 49.2. The number of halogens is 1. The summed E-state index contributed by atoms with van der Waals surface area (Å²) in [6.07, 6.45) is 0.755. The molecule has 7 fully saturated rings. The lowest BCUT2D eigenvalue weighted by molar-refractivity contribution is -0.465. The first-order chi connectivity index (χ1) is 16.9. The van der Waals surface area contributed by atoms with E-state index in [4.69, 9.17) is 21.1 Å². The maximum Gasteiger partial charge on any atom is 0.339 e. The van der Waals surface area contributed by atoms with Crippen LogP contribution in [-0.2, 0) is 19.1 Å². The van der Waals surface area contributed by atoms with Crippen LogP contribution >= 0.6 is 11.6 Å². The molecule has 5 aliphatic carbocycles. The Balaban J connectivity index is 1.36. The molecule has 2 heterocycles. The Kier molecular flexibility index (Phi) is 4.16. The number of ketones is 2. The van der Waals surface area contributed by atoms with Crippen LogP contribution in [0, 0.1) is 39.9 Å². The first-order valence-electron chi connectivity index (χ1n) is 12.7. The summed E-state index contributed by atoms with van der Waals surface area (Å²) in [5.41, 5.74) is -3.82. The van der Waals surface area contributed by atoms with E-state index < -0.39 is 63.2 Å². The molecule has 2 N–H and O–H groups in total. The SMILES string of the molecule is C=C1C2CCC3C45COC(O)(C(O)C4C(C)(C)CCC5=O)C34C(=O)C1(OC(=O)c1ccc(Cl)cc1)C24. The van der Waals surface area contributed by atoms with Crippen molar-refractivity contribution in [2.24, 2.45) is 39.9 Å². The Bertz CT molecular complexity index is 1270. The molecule has 2 bridgehead atoms. The van der Waals surface area contributed by atoms with Crippen molar-refractivity contribution in [3.05, 3.63) is 47.0 Å². The number of carbonyl (C=O) groups is 3. The zero-order chi connectivity index (χ0) is 25.6. The minimum Gasteiger partial charge on any atom is -0.442 e. The van der Waals surface area contributed by atoms with Gasteiger partial charge in [-0.15, -0.1) is 0 Å². The van der Waals surface area contributed by atoms with Gasteiger partial charge < -0.3 is 19.7 Å². The fourth-order valence-electron chi connectivity index (χ4n) is 9.70. The van der Waals surface area contributed by atoms with Gasteiger partial charge >= 0.3 is 5.97 Å². The lowest BCUT2D eigenvalue weighted by atomic mass is 9.21. The summed E-state index contributed by atoms with van der Waals surface area (Å²) in [6.45, 7) is 8.16. The predicted octanol–water partition coefficient (Wildman–Crippen LogP) is 3.10. The fraction of sp³-hybridized carbons (Fsp3) is 0.607. The van der Waals surface area contributed by atoms with Gasteiger partial charge in [-0.3, -0.25) is 9.59 Å². The van der Waals surface area contributed by atoms with Gasteiger partial charge in [-0.2, -0.15) is 0 Å². The van der Waals surface area contributed by atoms with Gasteiger partial charge in [-0.05, 0) is 66.4 Å². The third-order valence-corrected chi connectivity index (χ3v) is 11.2. The Hall–Kier alpha value is -2.06.